The fraction of sp³-hybridized carbons (Fsp3) is 0.167. The maximum Gasteiger partial charge on any atom is 0.0928 e. The molecule has 2 rings (SSSR count). The number of thiophene rings is 1. The Morgan fingerprint density at radius 3 is 2.38 bits per heavy atom. The molecular formula is C12H10BrClS2. The van der Waals surface area contributed by atoms with Crippen LogP contribution in [0.4, 0.5) is 0 Å². The van der Waals surface area contributed by atoms with Crippen molar-refractivity contribution < 1.29 is 0 Å². The molecule has 0 saturated carbocycles. The number of hydrogen-bond acceptors (Lipinski definition) is 2. The Kier molecular flexibility index (Phi) is 4.36. The highest BCUT2D eigenvalue weighted by Gasteiger charge is 2.12. The van der Waals surface area contributed by atoms with Gasteiger partial charge in [-0.15, -0.1) is 34.7 Å². The first-order valence-electron chi connectivity index (χ1n) is 4.74. The van der Waals surface area contributed by atoms with Crippen LogP contribution in [0.25, 0.3) is 0 Å². The van der Waals surface area contributed by atoms with E-state index in [4.69, 9.17) is 11.6 Å². The van der Waals surface area contributed by atoms with Gasteiger partial charge in [0.15, 0.2) is 0 Å². The van der Waals surface area contributed by atoms with E-state index in [0.29, 0.717) is 0 Å². The summed E-state index contributed by atoms with van der Waals surface area (Å²) in [6, 6.07) is 12.5. The van der Waals surface area contributed by atoms with Crippen molar-refractivity contribution >= 4 is 50.6 Å². The van der Waals surface area contributed by atoms with Crippen LogP contribution in [-0.4, -0.2) is 6.26 Å². The molecule has 4 heteroatoms. The number of alkyl halides is 1. The molecule has 1 heterocycles. The van der Waals surface area contributed by atoms with Crippen molar-refractivity contribution in [3.63, 3.8) is 0 Å². The predicted octanol–water partition coefficient (Wildman–Crippen LogP) is 5.56. The second-order valence-corrected chi connectivity index (χ2v) is 7.09. The zero-order valence-corrected chi connectivity index (χ0v) is 12.6. The van der Waals surface area contributed by atoms with E-state index in [0.717, 1.165) is 9.35 Å². The van der Waals surface area contributed by atoms with Crippen molar-refractivity contribution in [3.05, 3.63) is 50.6 Å². The third kappa shape index (κ3) is 2.83. The fourth-order valence-corrected chi connectivity index (χ4v) is 3.59. The number of benzene rings is 1. The van der Waals surface area contributed by atoms with Crippen LogP contribution in [-0.2, 0) is 0 Å². The monoisotopic (exact) mass is 332 g/mol. The summed E-state index contributed by atoms with van der Waals surface area (Å²) in [5.41, 5.74) is 1.15. The van der Waals surface area contributed by atoms with Crippen LogP contribution in [0.2, 0.25) is 0 Å². The van der Waals surface area contributed by atoms with Crippen molar-refractivity contribution in [2.24, 2.45) is 0 Å². The van der Waals surface area contributed by atoms with Crippen molar-refractivity contribution in [3.8, 4) is 0 Å². The molecule has 0 aliphatic carbocycles. The molecule has 84 valence electrons. The molecular weight excluding hydrogens is 324 g/mol. The Morgan fingerprint density at radius 1 is 1.19 bits per heavy atom. The molecule has 1 unspecified atom stereocenters. The molecule has 1 aromatic carbocycles. The van der Waals surface area contributed by atoms with Gasteiger partial charge in [-0.25, -0.2) is 0 Å². The summed E-state index contributed by atoms with van der Waals surface area (Å²) >= 11 is 13.3. The quantitative estimate of drug-likeness (QED) is 0.523. The van der Waals surface area contributed by atoms with Crippen LogP contribution in [0.15, 0.2) is 45.1 Å². The van der Waals surface area contributed by atoms with Gasteiger partial charge in [-0.2, -0.15) is 0 Å². The molecule has 2 aromatic rings. The summed E-state index contributed by atoms with van der Waals surface area (Å²) in [5.74, 6) is 0. The van der Waals surface area contributed by atoms with E-state index in [1.54, 1.807) is 23.1 Å². The Bertz CT molecular complexity index is 464. The van der Waals surface area contributed by atoms with Crippen molar-refractivity contribution in [1.29, 1.82) is 0 Å². The zero-order valence-electron chi connectivity index (χ0n) is 8.61. The van der Waals surface area contributed by atoms with Gasteiger partial charge in [0.25, 0.3) is 0 Å². The Labute approximate surface area is 117 Å². The molecule has 0 bridgehead atoms. The average Bonchev–Trinajstić information content (AvgIpc) is 2.75. The lowest BCUT2D eigenvalue weighted by Gasteiger charge is -2.08. The fourth-order valence-electron chi connectivity index (χ4n) is 1.40. The van der Waals surface area contributed by atoms with E-state index < -0.39 is 0 Å². The Balaban J connectivity index is 2.23. The molecule has 16 heavy (non-hydrogen) atoms. The van der Waals surface area contributed by atoms with Gasteiger partial charge in [0.2, 0.25) is 0 Å². The summed E-state index contributed by atoms with van der Waals surface area (Å²) in [4.78, 5) is 2.44. The highest BCUT2D eigenvalue weighted by Crippen LogP contribution is 2.35. The summed E-state index contributed by atoms with van der Waals surface area (Å²) < 4.78 is 1.12. The summed E-state index contributed by atoms with van der Waals surface area (Å²) in [7, 11) is 0. The largest absolute Gasteiger partial charge is 0.131 e. The lowest BCUT2D eigenvalue weighted by molar-refractivity contribution is 1.17. The van der Waals surface area contributed by atoms with Gasteiger partial charge in [0, 0.05) is 9.77 Å². The molecule has 0 aliphatic heterocycles. The van der Waals surface area contributed by atoms with Gasteiger partial charge in [-0.1, -0.05) is 12.1 Å². The Morgan fingerprint density at radius 2 is 1.88 bits per heavy atom. The number of thioether (sulfide) groups is 1. The molecule has 0 radical (unpaired) electrons. The average molecular weight is 334 g/mol. The lowest BCUT2D eigenvalue weighted by atomic mass is 10.1. The number of rotatable bonds is 3. The molecule has 1 atom stereocenters. The molecule has 0 nitrogen and oxygen atoms in total. The van der Waals surface area contributed by atoms with E-state index >= 15 is 0 Å². The van der Waals surface area contributed by atoms with Crippen LogP contribution in [0.1, 0.15) is 15.8 Å². The van der Waals surface area contributed by atoms with Gasteiger partial charge in [-0.05, 0) is 52.0 Å². The second-order valence-electron chi connectivity index (χ2n) is 3.28. The van der Waals surface area contributed by atoms with E-state index in [-0.39, 0.29) is 5.38 Å². The van der Waals surface area contributed by atoms with Crippen molar-refractivity contribution in [2.75, 3.05) is 6.26 Å². The van der Waals surface area contributed by atoms with E-state index in [1.165, 1.54) is 9.77 Å². The minimum Gasteiger partial charge on any atom is -0.131 e. The predicted molar refractivity (Wildman–Crippen MR) is 77.9 cm³/mol. The van der Waals surface area contributed by atoms with Gasteiger partial charge >= 0.3 is 0 Å². The van der Waals surface area contributed by atoms with E-state index in [1.807, 2.05) is 6.07 Å². The molecule has 0 spiro atoms. The summed E-state index contributed by atoms with van der Waals surface area (Å²) in [5, 5.41) is -0.0489. The first kappa shape index (κ1) is 12.5. The van der Waals surface area contributed by atoms with Crippen LogP contribution < -0.4 is 0 Å². The van der Waals surface area contributed by atoms with Gasteiger partial charge in [-0.3, -0.25) is 0 Å². The second kappa shape index (κ2) is 5.58. The molecule has 0 amide bonds. The highest BCUT2D eigenvalue weighted by atomic mass is 79.9. The van der Waals surface area contributed by atoms with Gasteiger partial charge in [0.1, 0.15) is 0 Å². The zero-order chi connectivity index (χ0) is 11.5. The van der Waals surface area contributed by atoms with Crippen LogP contribution >= 0.6 is 50.6 Å². The van der Waals surface area contributed by atoms with Crippen LogP contribution in [0.3, 0.4) is 0 Å². The molecule has 0 fully saturated rings. The van der Waals surface area contributed by atoms with Gasteiger partial charge < -0.3 is 0 Å². The highest BCUT2D eigenvalue weighted by molar-refractivity contribution is 9.11. The number of hydrogen-bond donors (Lipinski definition) is 0. The summed E-state index contributed by atoms with van der Waals surface area (Å²) in [6.07, 6.45) is 2.07. The maximum absolute atomic E-state index is 6.42. The topological polar surface area (TPSA) is 0 Å². The minimum absolute atomic E-state index is 0.0489. The Hall–Kier alpha value is 0.0400. The molecule has 0 saturated heterocycles. The SMILES string of the molecule is CSc1ccc(C(Cl)c2ccc(Br)s2)cc1. The normalized spacial score (nSPS) is 12.7. The minimum atomic E-state index is -0.0489. The molecule has 0 N–H and O–H groups in total. The van der Waals surface area contributed by atoms with E-state index in [2.05, 4.69) is 52.5 Å². The van der Waals surface area contributed by atoms with Crippen molar-refractivity contribution in [2.45, 2.75) is 10.3 Å². The van der Waals surface area contributed by atoms with Crippen LogP contribution in [0.5, 0.6) is 0 Å². The standard InChI is InChI=1S/C12H10BrClS2/c1-15-9-4-2-8(3-5-9)12(14)10-6-7-11(13)16-10/h2-7,12H,1H3. The first-order chi connectivity index (χ1) is 7.70. The first-order valence-corrected chi connectivity index (χ1v) is 8.01. The third-order valence-corrected chi connectivity index (χ3v) is 5.30. The maximum atomic E-state index is 6.42. The summed E-state index contributed by atoms with van der Waals surface area (Å²) in [6.45, 7) is 0. The van der Waals surface area contributed by atoms with Crippen LogP contribution in [0, 0.1) is 0 Å². The van der Waals surface area contributed by atoms with Crippen molar-refractivity contribution in [1.82, 2.24) is 0 Å². The van der Waals surface area contributed by atoms with E-state index in [9.17, 15) is 0 Å². The van der Waals surface area contributed by atoms with Gasteiger partial charge in [0.05, 0.1) is 9.16 Å². The number of halogens is 2. The molecule has 0 aliphatic rings. The molecule has 1 aromatic heterocycles. The third-order valence-electron chi connectivity index (χ3n) is 2.25. The smallest absolute Gasteiger partial charge is 0.0928 e. The lowest BCUT2D eigenvalue weighted by Crippen LogP contribution is -1.89.